The van der Waals surface area contributed by atoms with Crippen molar-refractivity contribution in [3.63, 3.8) is 0 Å². The summed E-state index contributed by atoms with van der Waals surface area (Å²) in [4.78, 5) is 13.1. The molecule has 0 fully saturated rings. The number of aromatic nitrogens is 3. The van der Waals surface area contributed by atoms with Gasteiger partial charge < -0.3 is 9.47 Å². The third kappa shape index (κ3) is 2.71. The highest BCUT2D eigenvalue weighted by molar-refractivity contribution is 9.10. The molecule has 122 valence electrons. The first-order valence-electron chi connectivity index (χ1n) is 7.53. The first-order valence-corrected chi connectivity index (χ1v) is 8.33. The lowest BCUT2D eigenvalue weighted by atomic mass is 10.1. The minimum Gasteiger partial charge on any atom is -0.354 e. The van der Waals surface area contributed by atoms with E-state index in [0.29, 0.717) is 22.6 Å². The van der Waals surface area contributed by atoms with Crippen molar-refractivity contribution in [2.45, 2.75) is 39.3 Å². The number of anilines is 1. The largest absolute Gasteiger partial charge is 0.354 e. The Bertz CT molecular complexity index is 758. The number of hydrogen-bond acceptors (Lipinski definition) is 5. The van der Waals surface area contributed by atoms with Crippen LogP contribution >= 0.6 is 15.9 Å². The van der Waals surface area contributed by atoms with Crippen molar-refractivity contribution in [2.24, 2.45) is 0 Å². The van der Waals surface area contributed by atoms with Crippen LogP contribution in [0, 0.1) is 10.1 Å². The molecular formula is C15H18BrN5O2. The summed E-state index contributed by atoms with van der Waals surface area (Å²) >= 11 is 3.30. The fourth-order valence-corrected chi connectivity index (χ4v) is 3.40. The number of fused-ring (bicyclic) bond motifs is 1. The maximum absolute atomic E-state index is 11.4. The minimum absolute atomic E-state index is 0.0661. The highest BCUT2D eigenvalue weighted by Crippen LogP contribution is 2.37. The van der Waals surface area contributed by atoms with Gasteiger partial charge >= 0.3 is 0 Å². The van der Waals surface area contributed by atoms with Gasteiger partial charge in [0.2, 0.25) is 0 Å². The summed E-state index contributed by atoms with van der Waals surface area (Å²) in [5.41, 5.74) is 0.717. The first kappa shape index (κ1) is 15.9. The van der Waals surface area contributed by atoms with E-state index in [1.807, 2.05) is 17.9 Å². The van der Waals surface area contributed by atoms with Crippen LogP contribution in [-0.2, 0) is 6.54 Å². The lowest BCUT2D eigenvalue weighted by Crippen LogP contribution is -2.38. The van der Waals surface area contributed by atoms with E-state index >= 15 is 0 Å². The Morgan fingerprint density at radius 2 is 2.09 bits per heavy atom. The smallest absolute Gasteiger partial charge is 0.293 e. The molecule has 3 rings (SSSR count). The molecule has 0 bridgehead atoms. The second-order valence-electron chi connectivity index (χ2n) is 5.98. The van der Waals surface area contributed by atoms with Crippen LogP contribution in [-0.4, -0.2) is 26.2 Å². The second-order valence-corrected chi connectivity index (χ2v) is 6.90. The number of benzene rings is 1. The van der Waals surface area contributed by atoms with Crippen LogP contribution in [0.2, 0.25) is 0 Å². The van der Waals surface area contributed by atoms with E-state index in [2.05, 4.69) is 44.5 Å². The van der Waals surface area contributed by atoms with Gasteiger partial charge in [-0.15, -0.1) is 10.2 Å². The number of nitrogens with zero attached hydrogens (tertiary/aromatic N) is 5. The van der Waals surface area contributed by atoms with Crippen LogP contribution in [0.3, 0.4) is 0 Å². The maximum Gasteiger partial charge on any atom is 0.293 e. The summed E-state index contributed by atoms with van der Waals surface area (Å²) in [5, 5.41) is 20.0. The molecule has 1 aliphatic rings. The molecule has 8 heteroatoms. The summed E-state index contributed by atoms with van der Waals surface area (Å²) in [6, 6.07) is 5.09. The maximum atomic E-state index is 11.4. The van der Waals surface area contributed by atoms with Gasteiger partial charge in [-0.05, 0) is 19.1 Å². The lowest BCUT2D eigenvalue weighted by Gasteiger charge is -2.35. The van der Waals surface area contributed by atoms with Crippen LogP contribution in [0.4, 0.5) is 11.4 Å². The first-order chi connectivity index (χ1) is 10.9. The van der Waals surface area contributed by atoms with Crippen molar-refractivity contribution < 1.29 is 4.92 Å². The Balaban J connectivity index is 2.02. The average molecular weight is 380 g/mol. The molecule has 1 atom stereocenters. The van der Waals surface area contributed by atoms with Gasteiger partial charge in [0, 0.05) is 29.5 Å². The summed E-state index contributed by atoms with van der Waals surface area (Å²) < 4.78 is 2.83. The van der Waals surface area contributed by atoms with E-state index in [9.17, 15) is 10.1 Å². The van der Waals surface area contributed by atoms with Crippen LogP contribution in [0.1, 0.15) is 44.4 Å². The zero-order valence-electron chi connectivity index (χ0n) is 13.2. The second kappa shape index (κ2) is 5.92. The normalized spacial score (nSPS) is 17.4. The molecule has 0 spiro atoms. The van der Waals surface area contributed by atoms with Crippen LogP contribution in [0.5, 0.6) is 0 Å². The van der Waals surface area contributed by atoms with Gasteiger partial charge in [-0.1, -0.05) is 29.8 Å². The average Bonchev–Trinajstić information content (AvgIpc) is 2.93. The Hall–Kier alpha value is -1.96. The molecule has 0 radical (unpaired) electrons. The topological polar surface area (TPSA) is 77.1 Å². The van der Waals surface area contributed by atoms with E-state index < -0.39 is 0 Å². The highest BCUT2D eigenvalue weighted by atomic mass is 79.9. The fraction of sp³-hybridized carbons (Fsp3) is 0.467. The third-order valence-corrected chi connectivity index (χ3v) is 4.67. The number of halogens is 1. The molecule has 0 N–H and O–H groups in total. The molecule has 2 aromatic rings. The van der Waals surface area contributed by atoms with Gasteiger partial charge in [-0.3, -0.25) is 10.1 Å². The molecule has 7 nitrogen and oxygen atoms in total. The Morgan fingerprint density at radius 1 is 1.35 bits per heavy atom. The Labute approximate surface area is 142 Å². The lowest BCUT2D eigenvalue weighted by molar-refractivity contribution is -0.384. The zero-order chi connectivity index (χ0) is 16.7. The van der Waals surface area contributed by atoms with Gasteiger partial charge in [0.1, 0.15) is 11.5 Å². The molecule has 0 saturated carbocycles. The summed E-state index contributed by atoms with van der Waals surface area (Å²) in [6.45, 7) is 7.61. The molecule has 0 aliphatic carbocycles. The molecule has 0 amide bonds. The molecule has 2 heterocycles. The summed E-state index contributed by atoms with van der Waals surface area (Å²) in [5.74, 6) is 2.13. The quantitative estimate of drug-likeness (QED) is 0.600. The fourth-order valence-electron chi connectivity index (χ4n) is 3.05. The van der Waals surface area contributed by atoms with Crippen LogP contribution in [0.25, 0.3) is 0 Å². The van der Waals surface area contributed by atoms with Crippen molar-refractivity contribution in [1.82, 2.24) is 14.8 Å². The van der Waals surface area contributed by atoms with Crippen molar-refractivity contribution in [3.8, 4) is 0 Å². The number of nitro benzene ring substituents is 1. The number of hydrogen-bond donors (Lipinski definition) is 0. The molecule has 1 aliphatic heterocycles. The highest BCUT2D eigenvalue weighted by Gasteiger charge is 2.32. The van der Waals surface area contributed by atoms with E-state index in [0.717, 1.165) is 18.2 Å². The van der Waals surface area contributed by atoms with Gasteiger partial charge in [0.15, 0.2) is 5.82 Å². The van der Waals surface area contributed by atoms with Crippen LogP contribution < -0.4 is 4.90 Å². The van der Waals surface area contributed by atoms with Crippen molar-refractivity contribution in [3.05, 3.63) is 44.4 Å². The van der Waals surface area contributed by atoms with Crippen LogP contribution in [0.15, 0.2) is 22.7 Å². The molecule has 1 aromatic heterocycles. The summed E-state index contributed by atoms with van der Waals surface area (Å²) in [6.07, 6.45) is 0. The van der Waals surface area contributed by atoms with E-state index in [1.54, 1.807) is 12.1 Å². The van der Waals surface area contributed by atoms with Crippen molar-refractivity contribution in [2.75, 3.05) is 11.4 Å². The standard InChI is InChI=1S/C15H18BrN5O2/c1-9(2)14-17-18-15-10(3)19(6-7-20(14)15)12-5-4-11(16)8-13(12)21(22)23/h4-5,8-10H,6-7H2,1-3H3. The minimum atomic E-state index is -0.342. The van der Waals surface area contributed by atoms with Crippen molar-refractivity contribution >= 4 is 27.3 Å². The predicted molar refractivity (Wildman–Crippen MR) is 90.7 cm³/mol. The Morgan fingerprint density at radius 3 is 2.74 bits per heavy atom. The van der Waals surface area contributed by atoms with Gasteiger partial charge in [0.05, 0.1) is 11.0 Å². The van der Waals surface area contributed by atoms with E-state index in [4.69, 9.17) is 0 Å². The third-order valence-electron chi connectivity index (χ3n) is 4.17. The molecular weight excluding hydrogens is 362 g/mol. The molecule has 1 unspecified atom stereocenters. The van der Waals surface area contributed by atoms with Crippen molar-refractivity contribution in [1.29, 1.82) is 0 Å². The molecule has 0 saturated heterocycles. The monoisotopic (exact) mass is 379 g/mol. The van der Waals surface area contributed by atoms with Gasteiger partial charge in [-0.25, -0.2) is 0 Å². The predicted octanol–water partition coefficient (Wildman–Crippen LogP) is 3.65. The van der Waals surface area contributed by atoms with E-state index in [-0.39, 0.29) is 16.7 Å². The Kier molecular flexibility index (Phi) is 4.09. The number of nitro groups is 1. The van der Waals surface area contributed by atoms with E-state index in [1.165, 1.54) is 0 Å². The molecule has 1 aromatic carbocycles. The van der Waals surface area contributed by atoms with Gasteiger partial charge in [-0.2, -0.15) is 0 Å². The SMILES string of the molecule is CC(C)c1nnc2n1CCN(c1ccc(Br)cc1[N+](=O)[O-])C2C. The number of rotatable bonds is 3. The zero-order valence-corrected chi connectivity index (χ0v) is 14.8. The molecule has 23 heavy (non-hydrogen) atoms. The summed E-state index contributed by atoms with van der Waals surface area (Å²) in [7, 11) is 0. The van der Waals surface area contributed by atoms with Gasteiger partial charge in [0.25, 0.3) is 5.69 Å².